The van der Waals surface area contributed by atoms with Crippen molar-refractivity contribution >= 4 is 39.7 Å². The lowest BCUT2D eigenvalue weighted by atomic mass is 10.2. The van der Waals surface area contributed by atoms with Crippen molar-refractivity contribution in [2.75, 3.05) is 4.90 Å². The van der Waals surface area contributed by atoms with E-state index in [4.69, 9.17) is 0 Å². The number of para-hydroxylation sites is 3. The Balaban J connectivity index is 2.16. The molecule has 0 saturated carbocycles. The summed E-state index contributed by atoms with van der Waals surface area (Å²) in [6.07, 6.45) is 0. The molecule has 0 aliphatic rings. The van der Waals surface area contributed by atoms with E-state index in [0.29, 0.717) is 0 Å². The Morgan fingerprint density at radius 1 is 0.667 bits per heavy atom. The maximum atomic E-state index is 10.2. The zero-order valence-electron chi connectivity index (χ0n) is 11.3. The number of phenolic OH excluding ortho intramolecular Hbond substituents is 1. The standard InChI is InChI=1S/C18H14INO/c19-14-10-12-16(13-11-14)20(15-6-2-1-3-7-15)17-8-4-5-9-18(17)21/h1-13,21H. The molecule has 0 spiro atoms. The quantitative estimate of drug-likeness (QED) is 0.603. The fraction of sp³-hybridized carbons (Fsp3) is 0. The number of anilines is 3. The molecule has 0 amide bonds. The van der Waals surface area contributed by atoms with Crippen LogP contribution in [0.15, 0.2) is 78.9 Å². The van der Waals surface area contributed by atoms with E-state index < -0.39 is 0 Å². The molecular weight excluding hydrogens is 373 g/mol. The van der Waals surface area contributed by atoms with Gasteiger partial charge in [-0.15, -0.1) is 0 Å². The minimum Gasteiger partial charge on any atom is -0.506 e. The van der Waals surface area contributed by atoms with Crippen LogP contribution in [0.1, 0.15) is 0 Å². The number of hydrogen-bond acceptors (Lipinski definition) is 2. The number of nitrogens with zero attached hydrogens (tertiary/aromatic N) is 1. The third-order valence-electron chi connectivity index (χ3n) is 3.22. The van der Waals surface area contributed by atoms with Gasteiger partial charge in [0.15, 0.2) is 0 Å². The second kappa shape index (κ2) is 6.18. The Bertz CT molecular complexity index is 726. The summed E-state index contributed by atoms with van der Waals surface area (Å²) in [6, 6.07) is 25.7. The predicted octanol–water partition coefficient (Wildman–Crippen LogP) is 5.47. The normalized spacial score (nSPS) is 10.3. The van der Waals surface area contributed by atoms with Crippen LogP contribution in [-0.4, -0.2) is 5.11 Å². The average molecular weight is 387 g/mol. The molecule has 0 atom stereocenters. The topological polar surface area (TPSA) is 23.5 Å². The van der Waals surface area contributed by atoms with E-state index in [1.165, 1.54) is 3.57 Å². The van der Waals surface area contributed by atoms with Gasteiger partial charge in [0.25, 0.3) is 0 Å². The first kappa shape index (κ1) is 13.9. The first-order chi connectivity index (χ1) is 10.3. The van der Waals surface area contributed by atoms with Crippen LogP contribution >= 0.6 is 22.6 Å². The van der Waals surface area contributed by atoms with E-state index in [9.17, 15) is 5.11 Å². The van der Waals surface area contributed by atoms with Crippen LogP contribution in [0.25, 0.3) is 0 Å². The second-order valence-corrected chi connectivity index (χ2v) is 5.88. The van der Waals surface area contributed by atoms with Gasteiger partial charge in [-0.3, -0.25) is 0 Å². The first-order valence-corrected chi connectivity index (χ1v) is 7.72. The van der Waals surface area contributed by atoms with E-state index >= 15 is 0 Å². The van der Waals surface area contributed by atoms with Crippen LogP contribution in [0.3, 0.4) is 0 Å². The lowest BCUT2D eigenvalue weighted by Crippen LogP contribution is -2.09. The molecule has 3 rings (SSSR count). The van der Waals surface area contributed by atoms with E-state index in [2.05, 4.69) is 46.9 Å². The molecule has 0 aliphatic heterocycles. The van der Waals surface area contributed by atoms with Crippen molar-refractivity contribution < 1.29 is 5.11 Å². The molecule has 0 unspecified atom stereocenters. The molecule has 3 heteroatoms. The minimum absolute atomic E-state index is 0.264. The van der Waals surface area contributed by atoms with Crippen molar-refractivity contribution in [3.63, 3.8) is 0 Å². The molecular formula is C18H14INO. The van der Waals surface area contributed by atoms with Crippen molar-refractivity contribution in [1.29, 1.82) is 0 Å². The zero-order chi connectivity index (χ0) is 14.7. The summed E-state index contributed by atoms with van der Waals surface area (Å²) in [6.45, 7) is 0. The van der Waals surface area contributed by atoms with Gasteiger partial charge in [-0.1, -0.05) is 30.3 Å². The van der Waals surface area contributed by atoms with Crippen LogP contribution in [0, 0.1) is 3.57 Å². The lowest BCUT2D eigenvalue weighted by Gasteiger charge is -2.26. The molecule has 3 aromatic rings. The summed E-state index contributed by atoms with van der Waals surface area (Å²) in [7, 11) is 0. The van der Waals surface area contributed by atoms with Crippen LogP contribution in [0.2, 0.25) is 0 Å². The smallest absolute Gasteiger partial charge is 0.139 e. The van der Waals surface area contributed by atoms with Crippen molar-refractivity contribution in [3.8, 4) is 5.75 Å². The fourth-order valence-electron chi connectivity index (χ4n) is 2.25. The maximum absolute atomic E-state index is 10.2. The van der Waals surface area contributed by atoms with Gasteiger partial charge in [-0.25, -0.2) is 0 Å². The first-order valence-electron chi connectivity index (χ1n) is 6.64. The van der Waals surface area contributed by atoms with Gasteiger partial charge < -0.3 is 10.0 Å². The Morgan fingerprint density at radius 2 is 1.24 bits per heavy atom. The van der Waals surface area contributed by atoms with Crippen LogP contribution in [0.4, 0.5) is 17.1 Å². The number of benzene rings is 3. The summed E-state index contributed by atoms with van der Waals surface area (Å²) in [4.78, 5) is 2.05. The highest BCUT2D eigenvalue weighted by atomic mass is 127. The fourth-order valence-corrected chi connectivity index (χ4v) is 2.61. The summed E-state index contributed by atoms with van der Waals surface area (Å²) in [5.41, 5.74) is 2.80. The number of phenols is 1. The Kier molecular flexibility index (Phi) is 4.10. The van der Waals surface area contributed by atoms with Gasteiger partial charge >= 0.3 is 0 Å². The van der Waals surface area contributed by atoms with Gasteiger partial charge in [0, 0.05) is 14.9 Å². The van der Waals surface area contributed by atoms with Crippen LogP contribution in [-0.2, 0) is 0 Å². The summed E-state index contributed by atoms with van der Waals surface area (Å²) in [5, 5.41) is 10.2. The highest BCUT2D eigenvalue weighted by molar-refractivity contribution is 14.1. The summed E-state index contributed by atoms with van der Waals surface area (Å²) < 4.78 is 1.18. The van der Waals surface area contributed by atoms with E-state index in [0.717, 1.165) is 17.1 Å². The van der Waals surface area contributed by atoms with Crippen LogP contribution in [0.5, 0.6) is 5.75 Å². The van der Waals surface area contributed by atoms with Crippen molar-refractivity contribution in [2.45, 2.75) is 0 Å². The molecule has 0 fully saturated rings. The van der Waals surface area contributed by atoms with E-state index in [1.807, 2.05) is 53.4 Å². The maximum Gasteiger partial charge on any atom is 0.139 e. The van der Waals surface area contributed by atoms with Gasteiger partial charge in [0.1, 0.15) is 5.75 Å². The van der Waals surface area contributed by atoms with E-state index in [1.54, 1.807) is 6.07 Å². The van der Waals surface area contributed by atoms with Gasteiger partial charge in [-0.05, 0) is 71.1 Å². The van der Waals surface area contributed by atoms with Gasteiger partial charge in [0.05, 0.1) is 5.69 Å². The molecule has 0 bridgehead atoms. The summed E-state index contributed by atoms with van der Waals surface area (Å²) >= 11 is 2.29. The molecule has 104 valence electrons. The van der Waals surface area contributed by atoms with Gasteiger partial charge in [-0.2, -0.15) is 0 Å². The molecule has 3 aromatic carbocycles. The molecule has 1 N–H and O–H groups in total. The van der Waals surface area contributed by atoms with Crippen molar-refractivity contribution in [3.05, 3.63) is 82.4 Å². The molecule has 0 aromatic heterocycles. The SMILES string of the molecule is Oc1ccccc1N(c1ccccc1)c1ccc(I)cc1. The number of aromatic hydroxyl groups is 1. The number of rotatable bonds is 3. The Hall–Kier alpha value is -2.01. The lowest BCUT2D eigenvalue weighted by molar-refractivity contribution is 0.476. The average Bonchev–Trinajstić information content (AvgIpc) is 2.52. The van der Waals surface area contributed by atoms with Crippen molar-refractivity contribution in [2.24, 2.45) is 0 Å². The third-order valence-corrected chi connectivity index (χ3v) is 3.94. The molecule has 0 radical (unpaired) electrons. The molecule has 0 heterocycles. The largest absolute Gasteiger partial charge is 0.506 e. The van der Waals surface area contributed by atoms with Crippen LogP contribution < -0.4 is 4.90 Å². The number of halogens is 1. The monoisotopic (exact) mass is 387 g/mol. The van der Waals surface area contributed by atoms with Gasteiger partial charge in [0.2, 0.25) is 0 Å². The molecule has 21 heavy (non-hydrogen) atoms. The third kappa shape index (κ3) is 3.03. The Morgan fingerprint density at radius 3 is 1.90 bits per heavy atom. The molecule has 0 aliphatic carbocycles. The molecule has 2 nitrogen and oxygen atoms in total. The minimum atomic E-state index is 0.264. The highest BCUT2D eigenvalue weighted by Crippen LogP contribution is 2.39. The number of hydrogen-bond donors (Lipinski definition) is 1. The predicted molar refractivity (Wildman–Crippen MR) is 95.5 cm³/mol. The second-order valence-electron chi connectivity index (χ2n) is 4.64. The van der Waals surface area contributed by atoms with E-state index in [-0.39, 0.29) is 5.75 Å². The highest BCUT2D eigenvalue weighted by Gasteiger charge is 2.14. The Labute approximate surface area is 137 Å². The zero-order valence-corrected chi connectivity index (χ0v) is 13.4. The molecule has 0 saturated heterocycles. The summed E-state index contributed by atoms with van der Waals surface area (Å²) in [5.74, 6) is 0.264. The van der Waals surface area contributed by atoms with Crippen molar-refractivity contribution in [1.82, 2.24) is 0 Å².